The second-order valence-electron chi connectivity index (χ2n) is 4.87. The van der Waals surface area contributed by atoms with E-state index in [1.165, 1.54) is 17.4 Å². The van der Waals surface area contributed by atoms with Crippen molar-refractivity contribution in [2.75, 3.05) is 6.54 Å². The highest BCUT2D eigenvalue weighted by atomic mass is 32.1. The van der Waals surface area contributed by atoms with Crippen molar-refractivity contribution in [2.45, 2.75) is 33.2 Å². The molecule has 2 nitrogen and oxygen atoms in total. The first kappa shape index (κ1) is 16.0. The Balaban J connectivity index is 2.37. The van der Waals surface area contributed by atoms with Crippen LogP contribution in [0.4, 0.5) is 13.2 Å². The van der Waals surface area contributed by atoms with Crippen LogP contribution in [0.15, 0.2) is 12.1 Å². The van der Waals surface area contributed by atoms with Crippen molar-refractivity contribution in [2.24, 2.45) is 0 Å². The van der Waals surface area contributed by atoms with Crippen molar-refractivity contribution >= 4 is 11.3 Å². The fourth-order valence-corrected chi connectivity index (χ4v) is 3.18. The van der Waals surface area contributed by atoms with E-state index in [1.54, 1.807) is 0 Å². The van der Waals surface area contributed by atoms with E-state index in [2.05, 4.69) is 17.2 Å². The van der Waals surface area contributed by atoms with Gasteiger partial charge in [-0.05, 0) is 38.9 Å². The lowest BCUT2D eigenvalue weighted by Gasteiger charge is -2.11. The Kier molecular flexibility index (Phi) is 5.00. The summed E-state index contributed by atoms with van der Waals surface area (Å²) in [5, 5.41) is 3.70. The first-order chi connectivity index (χ1) is 9.95. The predicted octanol–water partition coefficient (Wildman–Crippen LogP) is 4.60. The highest BCUT2D eigenvalue weighted by Gasteiger charge is 2.20. The minimum atomic E-state index is -1.46. The molecule has 0 aliphatic heterocycles. The number of aryl methyl sites for hydroxylation is 1. The summed E-state index contributed by atoms with van der Waals surface area (Å²) in [5.74, 6) is -3.84. The number of halogens is 3. The van der Waals surface area contributed by atoms with Crippen LogP contribution in [-0.2, 0) is 0 Å². The van der Waals surface area contributed by atoms with Gasteiger partial charge in [0.05, 0.1) is 5.69 Å². The molecule has 0 radical (unpaired) electrons. The largest absolute Gasteiger partial charge is 0.309 e. The van der Waals surface area contributed by atoms with E-state index in [0.717, 1.165) is 29.6 Å². The Morgan fingerprint density at radius 3 is 2.62 bits per heavy atom. The van der Waals surface area contributed by atoms with Gasteiger partial charge >= 0.3 is 0 Å². The normalized spacial score (nSPS) is 12.7. The SMILES string of the molecule is CCCNC(C)c1sc(-c2ccc(F)c(F)c2F)nc1C. The molecule has 0 aliphatic rings. The van der Waals surface area contributed by atoms with Crippen LogP contribution in [-0.4, -0.2) is 11.5 Å². The van der Waals surface area contributed by atoms with Crippen LogP contribution >= 0.6 is 11.3 Å². The summed E-state index contributed by atoms with van der Waals surface area (Å²) in [4.78, 5) is 5.27. The zero-order valence-corrected chi connectivity index (χ0v) is 13.0. The third-order valence-electron chi connectivity index (χ3n) is 3.19. The molecular formula is C15H17F3N2S. The molecule has 1 unspecified atom stereocenters. The number of aromatic nitrogens is 1. The molecule has 1 aromatic carbocycles. The number of rotatable bonds is 5. The second-order valence-corrected chi connectivity index (χ2v) is 5.90. The van der Waals surface area contributed by atoms with Gasteiger partial charge in [0.2, 0.25) is 0 Å². The number of hydrogen-bond donors (Lipinski definition) is 1. The number of benzene rings is 1. The maximum Gasteiger partial charge on any atom is 0.195 e. The van der Waals surface area contributed by atoms with Gasteiger partial charge in [0.15, 0.2) is 17.5 Å². The topological polar surface area (TPSA) is 24.9 Å². The molecule has 2 rings (SSSR count). The highest BCUT2D eigenvalue weighted by molar-refractivity contribution is 7.15. The Morgan fingerprint density at radius 1 is 1.24 bits per heavy atom. The summed E-state index contributed by atoms with van der Waals surface area (Å²) < 4.78 is 40.1. The lowest BCUT2D eigenvalue weighted by atomic mass is 10.2. The van der Waals surface area contributed by atoms with Crippen molar-refractivity contribution in [3.8, 4) is 10.6 Å². The van der Waals surface area contributed by atoms with Crippen molar-refractivity contribution in [3.05, 3.63) is 40.2 Å². The molecule has 21 heavy (non-hydrogen) atoms. The average Bonchev–Trinajstić information content (AvgIpc) is 2.84. The molecule has 0 saturated carbocycles. The Hall–Kier alpha value is -1.40. The molecule has 6 heteroatoms. The predicted molar refractivity (Wildman–Crippen MR) is 78.9 cm³/mol. The molecule has 1 N–H and O–H groups in total. The standard InChI is InChI=1S/C15H17F3N2S/c1-4-7-19-8(2)14-9(3)20-15(21-14)10-5-6-11(16)13(18)12(10)17/h5-6,8,19H,4,7H2,1-3H3. The van der Waals surface area contributed by atoms with E-state index < -0.39 is 17.5 Å². The highest BCUT2D eigenvalue weighted by Crippen LogP contribution is 2.34. The first-order valence-electron chi connectivity index (χ1n) is 6.80. The molecule has 0 amide bonds. The van der Waals surface area contributed by atoms with Gasteiger partial charge in [0.25, 0.3) is 0 Å². The van der Waals surface area contributed by atoms with E-state index >= 15 is 0 Å². The lowest BCUT2D eigenvalue weighted by Crippen LogP contribution is -2.18. The zero-order chi connectivity index (χ0) is 15.6. The molecule has 0 fully saturated rings. The minimum absolute atomic E-state index is 0.00376. The molecule has 0 spiro atoms. The molecule has 0 saturated heterocycles. The molecule has 0 bridgehead atoms. The Labute approximate surface area is 126 Å². The number of hydrogen-bond acceptors (Lipinski definition) is 3. The molecule has 2 aromatic rings. The monoisotopic (exact) mass is 314 g/mol. The quantitative estimate of drug-likeness (QED) is 0.816. The summed E-state index contributed by atoms with van der Waals surface area (Å²) in [6.07, 6.45) is 1.01. The van der Waals surface area contributed by atoms with Gasteiger partial charge in [0.1, 0.15) is 5.01 Å². The van der Waals surface area contributed by atoms with Crippen LogP contribution < -0.4 is 5.32 Å². The second kappa shape index (κ2) is 6.58. The first-order valence-corrected chi connectivity index (χ1v) is 7.61. The molecule has 114 valence electrons. The number of thiazole rings is 1. The van der Waals surface area contributed by atoms with E-state index in [9.17, 15) is 13.2 Å². The maximum absolute atomic E-state index is 13.8. The van der Waals surface area contributed by atoms with E-state index in [4.69, 9.17) is 0 Å². The van der Waals surface area contributed by atoms with Crippen LogP contribution in [0, 0.1) is 24.4 Å². The fourth-order valence-electron chi connectivity index (χ4n) is 2.07. The van der Waals surface area contributed by atoms with Gasteiger partial charge in [0, 0.05) is 16.5 Å². The summed E-state index contributed by atoms with van der Waals surface area (Å²) in [6.45, 7) is 6.77. The van der Waals surface area contributed by atoms with Gasteiger partial charge in [-0.1, -0.05) is 6.92 Å². The van der Waals surface area contributed by atoms with Crippen molar-refractivity contribution in [1.82, 2.24) is 10.3 Å². The van der Waals surface area contributed by atoms with Gasteiger partial charge in [-0.25, -0.2) is 18.2 Å². The fraction of sp³-hybridized carbons (Fsp3) is 0.400. The van der Waals surface area contributed by atoms with E-state index in [1.807, 2.05) is 13.8 Å². The molecular weight excluding hydrogens is 297 g/mol. The van der Waals surface area contributed by atoms with Gasteiger partial charge in [-0.15, -0.1) is 11.3 Å². The Morgan fingerprint density at radius 2 is 1.95 bits per heavy atom. The van der Waals surface area contributed by atoms with Gasteiger partial charge < -0.3 is 5.32 Å². The lowest BCUT2D eigenvalue weighted by molar-refractivity contribution is 0.449. The van der Waals surface area contributed by atoms with Crippen molar-refractivity contribution < 1.29 is 13.2 Å². The van der Waals surface area contributed by atoms with Crippen LogP contribution in [0.2, 0.25) is 0 Å². The Bertz CT molecular complexity index is 640. The molecule has 1 heterocycles. The molecule has 1 aromatic heterocycles. The van der Waals surface area contributed by atoms with Gasteiger partial charge in [-0.2, -0.15) is 0 Å². The van der Waals surface area contributed by atoms with E-state index in [-0.39, 0.29) is 11.6 Å². The smallest absolute Gasteiger partial charge is 0.195 e. The maximum atomic E-state index is 13.8. The third-order valence-corrected chi connectivity index (χ3v) is 4.57. The summed E-state index contributed by atoms with van der Waals surface area (Å²) in [6, 6.07) is 2.23. The number of nitrogens with zero attached hydrogens (tertiary/aromatic N) is 1. The van der Waals surface area contributed by atoms with Crippen LogP contribution in [0.3, 0.4) is 0 Å². The van der Waals surface area contributed by atoms with Crippen LogP contribution in [0.5, 0.6) is 0 Å². The van der Waals surface area contributed by atoms with Crippen molar-refractivity contribution in [3.63, 3.8) is 0 Å². The summed E-state index contributed by atoms with van der Waals surface area (Å²) in [7, 11) is 0. The third kappa shape index (κ3) is 3.27. The van der Waals surface area contributed by atoms with Crippen LogP contribution in [0.1, 0.15) is 36.9 Å². The number of nitrogens with one attached hydrogen (secondary N) is 1. The van der Waals surface area contributed by atoms with E-state index in [0.29, 0.717) is 5.01 Å². The summed E-state index contributed by atoms with van der Waals surface area (Å²) >= 11 is 1.30. The average molecular weight is 314 g/mol. The molecule has 1 atom stereocenters. The summed E-state index contributed by atoms with van der Waals surface area (Å²) in [5.41, 5.74) is 0.770. The molecule has 0 aliphatic carbocycles. The minimum Gasteiger partial charge on any atom is -0.309 e. The van der Waals surface area contributed by atoms with Gasteiger partial charge in [-0.3, -0.25) is 0 Å². The van der Waals surface area contributed by atoms with Crippen molar-refractivity contribution in [1.29, 1.82) is 0 Å². The van der Waals surface area contributed by atoms with Crippen LogP contribution in [0.25, 0.3) is 10.6 Å². The zero-order valence-electron chi connectivity index (χ0n) is 12.1.